The molecular weight excluding hydrogens is 438 g/mol. The van der Waals surface area contributed by atoms with Crippen LogP contribution in [-0.2, 0) is 16.1 Å². The fraction of sp³-hybridized carbons (Fsp3) is 0.250. The first-order valence-electron chi connectivity index (χ1n) is 10.6. The van der Waals surface area contributed by atoms with Crippen LogP contribution in [0.4, 0.5) is 5.82 Å². The molecule has 4 N–H and O–H groups in total. The molecule has 178 valence electrons. The topological polar surface area (TPSA) is 123 Å². The minimum absolute atomic E-state index is 0.0251. The van der Waals surface area contributed by atoms with Gasteiger partial charge in [0.1, 0.15) is 35.3 Å². The highest BCUT2D eigenvalue weighted by atomic mass is 16.5. The summed E-state index contributed by atoms with van der Waals surface area (Å²) in [4.78, 5) is 20.1. The molecule has 10 nitrogen and oxygen atoms in total. The van der Waals surface area contributed by atoms with Crippen LogP contribution in [0.2, 0.25) is 0 Å². The summed E-state index contributed by atoms with van der Waals surface area (Å²) in [5.41, 5.74) is 3.18. The van der Waals surface area contributed by atoms with Crippen LogP contribution in [0.15, 0.2) is 42.5 Å². The Balaban J connectivity index is 1.94. The van der Waals surface area contributed by atoms with Crippen LogP contribution in [0, 0.1) is 0 Å². The number of methoxy groups -OCH3 is 3. The van der Waals surface area contributed by atoms with Gasteiger partial charge in [-0.1, -0.05) is 12.1 Å². The lowest BCUT2D eigenvalue weighted by atomic mass is 10.2. The van der Waals surface area contributed by atoms with Crippen LogP contribution in [0.1, 0.15) is 5.69 Å². The predicted molar refractivity (Wildman–Crippen MR) is 129 cm³/mol. The lowest BCUT2D eigenvalue weighted by molar-refractivity contribution is -0.124. The SMILES string of the molecule is CNc1c(-c2nc3ccccc3[nH]2)c(O)c(CNC(=O)COC)n1-c1cc(OC)cc(OC)c1. The van der Waals surface area contributed by atoms with Crippen molar-refractivity contribution in [3.05, 3.63) is 48.2 Å². The van der Waals surface area contributed by atoms with Crippen molar-refractivity contribution in [1.29, 1.82) is 0 Å². The molecule has 34 heavy (non-hydrogen) atoms. The molecule has 4 rings (SSSR count). The van der Waals surface area contributed by atoms with Gasteiger partial charge in [0.25, 0.3) is 0 Å². The first-order chi connectivity index (χ1) is 16.5. The summed E-state index contributed by atoms with van der Waals surface area (Å²) in [6.07, 6.45) is 0. The maximum Gasteiger partial charge on any atom is 0.246 e. The molecule has 4 aromatic rings. The molecule has 0 radical (unpaired) electrons. The van der Waals surface area contributed by atoms with Crippen LogP contribution in [-0.4, -0.2) is 60.5 Å². The predicted octanol–water partition coefficient (Wildman–Crippen LogP) is 3.05. The van der Waals surface area contributed by atoms with Crippen LogP contribution >= 0.6 is 0 Å². The number of nitrogens with zero attached hydrogens (tertiary/aromatic N) is 2. The molecule has 1 amide bonds. The standard InChI is InChI=1S/C24H27N5O5/c1-25-24-21(23-27-17-7-5-6-8-18(17)28-23)22(31)19(12-26-20(30)13-32-2)29(24)14-9-15(33-3)11-16(10-14)34-4/h5-11,25,31H,12-13H2,1-4H3,(H,26,30)(H,27,28). The number of aromatic nitrogens is 3. The second kappa shape index (κ2) is 9.75. The summed E-state index contributed by atoms with van der Waals surface area (Å²) in [5, 5.41) is 17.4. The van der Waals surface area contributed by atoms with Crippen molar-refractivity contribution in [2.45, 2.75) is 6.54 Å². The van der Waals surface area contributed by atoms with Crippen molar-refractivity contribution in [3.63, 3.8) is 0 Å². The number of hydrogen-bond acceptors (Lipinski definition) is 7. The Bertz CT molecular complexity index is 1270. The number of benzene rings is 2. The molecule has 10 heteroatoms. The number of para-hydroxylation sites is 2. The van der Waals surface area contributed by atoms with E-state index >= 15 is 0 Å². The van der Waals surface area contributed by atoms with Gasteiger partial charge in [0.2, 0.25) is 5.91 Å². The fourth-order valence-electron chi connectivity index (χ4n) is 3.88. The number of amides is 1. The Labute approximate surface area is 196 Å². The largest absolute Gasteiger partial charge is 0.505 e. The van der Waals surface area contributed by atoms with Crippen LogP contribution in [0.5, 0.6) is 17.2 Å². The molecule has 0 aliphatic carbocycles. The molecule has 2 heterocycles. The highest BCUT2D eigenvalue weighted by molar-refractivity contribution is 5.87. The summed E-state index contributed by atoms with van der Waals surface area (Å²) >= 11 is 0. The molecule has 0 atom stereocenters. The van der Waals surface area contributed by atoms with Gasteiger partial charge < -0.3 is 34.9 Å². The van der Waals surface area contributed by atoms with Crippen molar-refractivity contribution < 1.29 is 24.1 Å². The zero-order chi connectivity index (χ0) is 24.2. The maximum atomic E-state index is 12.1. The van der Waals surface area contributed by atoms with Gasteiger partial charge in [-0.15, -0.1) is 0 Å². The number of carbonyl (C=O) groups is 1. The monoisotopic (exact) mass is 465 g/mol. The van der Waals surface area contributed by atoms with E-state index in [-0.39, 0.29) is 24.8 Å². The average Bonchev–Trinajstić information content (AvgIpc) is 3.40. The van der Waals surface area contributed by atoms with Crippen LogP contribution in [0.3, 0.4) is 0 Å². The Kier molecular flexibility index (Phi) is 6.60. The third-order valence-corrected chi connectivity index (χ3v) is 5.43. The van der Waals surface area contributed by atoms with Gasteiger partial charge in [-0.3, -0.25) is 9.36 Å². The zero-order valence-corrected chi connectivity index (χ0v) is 19.4. The van der Waals surface area contributed by atoms with Crippen molar-refractivity contribution in [2.75, 3.05) is 40.3 Å². The first kappa shape index (κ1) is 23.0. The molecule has 0 saturated carbocycles. The molecule has 0 unspecified atom stereocenters. The minimum atomic E-state index is -0.311. The van der Waals surface area contributed by atoms with Gasteiger partial charge >= 0.3 is 0 Å². The summed E-state index contributed by atoms with van der Waals surface area (Å²) in [5.74, 6) is 1.87. The quantitative estimate of drug-likeness (QED) is 0.300. The molecule has 0 spiro atoms. The molecule has 0 aliphatic rings. The van der Waals surface area contributed by atoms with Gasteiger partial charge in [-0.25, -0.2) is 4.98 Å². The highest BCUT2D eigenvalue weighted by Crippen LogP contribution is 2.43. The van der Waals surface area contributed by atoms with E-state index in [0.717, 1.165) is 11.0 Å². The summed E-state index contributed by atoms with van der Waals surface area (Å²) in [6, 6.07) is 13.0. The molecule has 0 saturated heterocycles. The normalized spacial score (nSPS) is 10.9. The number of imidazole rings is 1. The van der Waals surface area contributed by atoms with E-state index in [1.165, 1.54) is 7.11 Å². The van der Waals surface area contributed by atoms with E-state index in [0.29, 0.717) is 40.1 Å². The second-order valence-electron chi connectivity index (χ2n) is 7.49. The van der Waals surface area contributed by atoms with Gasteiger partial charge in [0.05, 0.1) is 43.2 Å². The lowest BCUT2D eigenvalue weighted by Crippen LogP contribution is -2.27. The summed E-state index contributed by atoms with van der Waals surface area (Å²) in [6.45, 7) is -0.0494. The fourth-order valence-corrected chi connectivity index (χ4v) is 3.88. The Hall–Kier alpha value is -4.18. The number of hydrogen-bond donors (Lipinski definition) is 4. The van der Waals surface area contributed by atoms with E-state index in [1.54, 1.807) is 31.9 Å². The van der Waals surface area contributed by atoms with Gasteiger partial charge in [-0.2, -0.15) is 0 Å². The summed E-state index contributed by atoms with van der Waals surface area (Å²) in [7, 11) is 6.33. The molecular formula is C24H27N5O5. The number of fused-ring (bicyclic) bond motifs is 1. The Morgan fingerprint density at radius 3 is 2.44 bits per heavy atom. The Morgan fingerprint density at radius 2 is 1.82 bits per heavy atom. The molecule has 2 aromatic carbocycles. The number of nitrogens with one attached hydrogen (secondary N) is 3. The Morgan fingerprint density at radius 1 is 1.12 bits per heavy atom. The number of H-pyrrole nitrogens is 1. The van der Waals surface area contributed by atoms with Crippen LogP contribution < -0.4 is 20.1 Å². The van der Waals surface area contributed by atoms with Crippen molar-refractivity contribution in [1.82, 2.24) is 19.9 Å². The zero-order valence-electron chi connectivity index (χ0n) is 19.4. The smallest absolute Gasteiger partial charge is 0.246 e. The van der Waals surface area contributed by atoms with Gasteiger partial charge in [0, 0.05) is 32.4 Å². The third kappa shape index (κ3) is 4.23. The number of aromatic hydroxyl groups is 1. The number of anilines is 1. The number of aromatic amines is 1. The van der Waals surface area contributed by atoms with E-state index < -0.39 is 0 Å². The minimum Gasteiger partial charge on any atom is -0.505 e. The van der Waals surface area contributed by atoms with Crippen molar-refractivity contribution in [2.24, 2.45) is 0 Å². The van der Waals surface area contributed by atoms with Gasteiger partial charge in [-0.05, 0) is 12.1 Å². The van der Waals surface area contributed by atoms with Crippen LogP contribution in [0.25, 0.3) is 28.1 Å². The second-order valence-corrected chi connectivity index (χ2v) is 7.49. The lowest BCUT2D eigenvalue weighted by Gasteiger charge is -2.16. The average molecular weight is 466 g/mol. The molecule has 0 fully saturated rings. The highest BCUT2D eigenvalue weighted by Gasteiger charge is 2.27. The summed E-state index contributed by atoms with van der Waals surface area (Å²) < 4.78 is 17.6. The number of rotatable bonds is 9. The van der Waals surface area contributed by atoms with Gasteiger partial charge in [0.15, 0.2) is 5.75 Å². The van der Waals surface area contributed by atoms with E-state index in [1.807, 2.05) is 36.4 Å². The van der Waals surface area contributed by atoms with E-state index in [9.17, 15) is 9.90 Å². The third-order valence-electron chi connectivity index (χ3n) is 5.43. The molecule has 0 aliphatic heterocycles. The molecule has 0 bridgehead atoms. The van der Waals surface area contributed by atoms with E-state index in [2.05, 4.69) is 20.6 Å². The molecule has 2 aromatic heterocycles. The number of ether oxygens (including phenoxy) is 3. The van der Waals surface area contributed by atoms with Crippen molar-refractivity contribution >= 4 is 22.8 Å². The van der Waals surface area contributed by atoms with E-state index in [4.69, 9.17) is 14.2 Å². The number of carbonyl (C=O) groups excluding carboxylic acids is 1. The maximum absolute atomic E-state index is 12.1. The first-order valence-corrected chi connectivity index (χ1v) is 10.6. The van der Waals surface area contributed by atoms with Crippen molar-refractivity contribution in [3.8, 4) is 34.3 Å².